The summed E-state index contributed by atoms with van der Waals surface area (Å²) in [6.45, 7) is 5.40. The van der Waals surface area contributed by atoms with Crippen molar-refractivity contribution >= 4 is 11.9 Å². The number of benzene rings is 1. The van der Waals surface area contributed by atoms with Crippen LogP contribution in [0.25, 0.3) is 0 Å². The number of piperazine rings is 1. The lowest BCUT2D eigenvalue weighted by molar-refractivity contribution is -0.159. The van der Waals surface area contributed by atoms with Crippen LogP contribution in [0.3, 0.4) is 0 Å². The van der Waals surface area contributed by atoms with Gasteiger partial charge in [0.15, 0.2) is 11.5 Å². The molecule has 0 spiro atoms. The SMILES string of the molecule is COc1cccc(CN2CCN(C)CC2)c1OC.O=C(O)C(=O)O. The third-order valence-electron chi connectivity index (χ3n) is 3.66. The number of carboxylic acids is 2. The molecule has 1 aromatic rings. The first-order valence-corrected chi connectivity index (χ1v) is 7.46. The number of methoxy groups -OCH3 is 2. The van der Waals surface area contributed by atoms with Crippen molar-refractivity contribution < 1.29 is 29.3 Å². The molecule has 0 unspecified atom stereocenters. The number of ether oxygens (including phenoxy) is 2. The van der Waals surface area contributed by atoms with Crippen molar-refractivity contribution in [3.63, 3.8) is 0 Å². The average Bonchev–Trinajstić information content (AvgIpc) is 2.57. The van der Waals surface area contributed by atoms with Crippen LogP contribution in [0.1, 0.15) is 5.56 Å². The summed E-state index contributed by atoms with van der Waals surface area (Å²) in [6.07, 6.45) is 0. The Morgan fingerprint density at radius 2 is 1.62 bits per heavy atom. The largest absolute Gasteiger partial charge is 0.493 e. The van der Waals surface area contributed by atoms with Gasteiger partial charge in [-0.05, 0) is 13.1 Å². The van der Waals surface area contributed by atoms with Crippen LogP contribution in [0.4, 0.5) is 0 Å². The van der Waals surface area contributed by atoms with Gasteiger partial charge in [0.2, 0.25) is 0 Å². The molecule has 0 amide bonds. The highest BCUT2D eigenvalue weighted by molar-refractivity contribution is 6.27. The molecule has 0 atom stereocenters. The van der Waals surface area contributed by atoms with E-state index in [-0.39, 0.29) is 0 Å². The van der Waals surface area contributed by atoms with E-state index < -0.39 is 11.9 Å². The first-order chi connectivity index (χ1) is 11.4. The summed E-state index contributed by atoms with van der Waals surface area (Å²) in [4.78, 5) is 23.0. The van der Waals surface area contributed by atoms with Crippen LogP contribution < -0.4 is 9.47 Å². The van der Waals surface area contributed by atoms with E-state index in [9.17, 15) is 0 Å². The van der Waals surface area contributed by atoms with Gasteiger partial charge in [-0.1, -0.05) is 12.1 Å². The zero-order valence-corrected chi connectivity index (χ0v) is 14.2. The highest BCUT2D eigenvalue weighted by Crippen LogP contribution is 2.31. The topological polar surface area (TPSA) is 99.5 Å². The minimum Gasteiger partial charge on any atom is -0.493 e. The molecule has 0 aromatic heterocycles. The van der Waals surface area contributed by atoms with Crippen molar-refractivity contribution in [2.24, 2.45) is 0 Å². The molecule has 0 saturated carbocycles. The number of carboxylic acid groups (broad SMARTS) is 2. The zero-order valence-electron chi connectivity index (χ0n) is 14.2. The van der Waals surface area contributed by atoms with Crippen LogP contribution in [-0.4, -0.2) is 79.4 Å². The lowest BCUT2D eigenvalue weighted by Gasteiger charge is -2.32. The molecule has 8 heteroatoms. The van der Waals surface area contributed by atoms with E-state index >= 15 is 0 Å². The van der Waals surface area contributed by atoms with Gasteiger partial charge in [-0.25, -0.2) is 9.59 Å². The van der Waals surface area contributed by atoms with Gasteiger partial charge in [-0.3, -0.25) is 4.90 Å². The van der Waals surface area contributed by atoms with E-state index in [0.29, 0.717) is 0 Å². The summed E-state index contributed by atoms with van der Waals surface area (Å²) >= 11 is 0. The lowest BCUT2D eigenvalue weighted by Crippen LogP contribution is -2.43. The molecule has 134 valence electrons. The van der Waals surface area contributed by atoms with Crippen LogP contribution in [0.15, 0.2) is 18.2 Å². The maximum Gasteiger partial charge on any atom is 0.414 e. The maximum atomic E-state index is 9.10. The van der Waals surface area contributed by atoms with Crippen molar-refractivity contribution in [3.05, 3.63) is 23.8 Å². The van der Waals surface area contributed by atoms with E-state index in [2.05, 4.69) is 22.9 Å². The Bertz CT molecular complexity index is 543. The minimum absolute atomic E-state index is 0.809. The predicted molar refractivity (Wildman–Crippen MR) is 87.6 cm³/mol. The Hall–Kier alpha value is -2.32. The molecule has 1 fully saturated rings. The van der Waals surface area contributed by atoms with Gasteiger partial charge in [-0.15, -0.1) is 0 Å². The van der Waals surface area contributed by atoms with Crippen LogP contribution in [-0.2, 0) is 16.1 Å². The second-order valence-corrected chi connectivity index (χ2v) is 5.34. The maximum absolute atomic E-state index is 9.10. The van der Waals surface area contributed by atoms with Crippen LogP contribution in [0, 0.1) is 0 Å². The van der Waals surface area contributed by atoms with Gasteiger partial charge in [0.05, 0.1) is 14.2 Å². The average molecular weight is 340 g/mol. The minimum atomic E-state index is -1.82. The molecule has 0 bridgehead atoms. The van der Waals surface area contributed by atoms with Crippen molar-refractivity contribution in [2.75, 3.05) is 47.4 Å². The molecule has 0 aliphatic carbocycles. The number of rotatable bonds is 4. The molecule has 0 radical (unpaired) electrons. The summed E-state index contributed by atoms with van der Waals surface area (Å²) < 4.78 is 10.8. The molecule has 2 rings (SSSR count). The van der Waals surface area contributed by atoms with Gasteiger partial charge in [-0.2, -0.15) is 0 Å². The van der Waals surface area contributed by atoms with E-state index in [1.54, 1.807) is 14.2 Å². The normalized spacial score (nSPS) is 15.1. The first kappa shape index (κ1) is 19.7. The quantitative estimate of drug-likeness (QED) is 0.769. The Balaban J connectivity index is 0.000000413. The number of likely N-dealkylation sites (N-methyl/N-ethyl adjacent to an activating group) is 1. The third kappa shape index (κ3) is 6.05. The Kier molecular flexibility index (Phi) is 8.00. The fourth-order valence-corrected chi connectivity index (χ4v) is 2.33. The number of carbonyl (C=O) groups is 2. The zero-order chi connectivity index (χ0) is 18.1. The molecular formula is C16H24N2O6. The van der Waals surface area contributed by atoms with Gasteiger partial charge in [0, 0.05) is 38.3 Å². The molecule has 24 heavy (non-hydrogen) atoms. The van der Waals surface area contributed by atoms with E-state index in [1.165, 1.54) is 5.56 Å². The number of hydrogen-bond acceptors (Lipinski definition) is 6. The second kappa shape index (κ2) is 9.74. The summed E-state index contributed by atoms with van der Waals surface area (Å²) in [5.41, 5.74) is 1.20. The summed E-state index contributed by atoms with van der Waals surface area (Å²) in [7, 11) is 5.55. The molecule has 1 aliphatic rings. The number of hydrogen-bond donors (Lipinski definition) is 2. The number of nitrogens with zero attached hydrogens (tertiary/aromatic N) is 2. The molecule has 1 aliphatic heterocycles. The third-order valence-corrected chi connectivity index (χ3v) is 3.66. The first-order valence-electron chi connectivity index (χ1n) is 7.46. The molecule has 1 aromatic carbocycles. The molecule has 2 N–H and O–H groups in total. The second-order valence-electron chi connectivity index (χ2n) is 5.34. The van der Waals surface area contributed by atoms with Gasteiger partial charge in [0.1, 0.15) is 0 Å². The standard InChI is InChI=1S/C14H22N2O2.C2H2O4/c1-15-7-9-16(10-8-15)11-12-5-4-6-13(17-2)14(12)18-3;3-1(4)2(5)6/h4-6H,7-11H2,1-3H3;(H,3,4)(H,5,6). The summed E-state index contributed by atoms with van der Waals surface area (Å²) in [6, 6.07) is 6.07. The van der Waals surface area contributed by atoms with E-state index in [1.807, 2.05) is 12.1 Å². The monoisotopic (exact) mass is 340 g/mol. The highest BCUT2D eigenvalue weighted by atomic mass is 16.5. The highest BCUT2D eigenvalue weighted by Gasteiger charge is 2.17. The Labute approximate surface area is 141 Å². The Morgan fingerprint density at radius 3 is 2.08 bits per heavy atom. The van der Waals surface area contributed by atoms with Crippen molar-refractivity contribution in [3.8, 4) is 11.5 Å². The molecule has 8 nitrogen and oxygen atoms in total. The van der Waals surface area contributed by atoms with Crippen molar-refractivity contribution in [1.82, 2.24) is 9.80 Å². The fraction of sp³-hybridized carbons (Fsp3) is 0.500. The van der Waals surface area contributed by atoms with Gasteiger partial charge in [0.25, 0.3) is 0 Å². The van der Waals surface area contributed by atoms with Gasteiger partial charge < -0.3 is 24.6 Å². The van der Waals surface area contributed by atoms with E-state index in [4.69, 9.17) is 29.3 Å². The number of aliphatic carboxylic acids is 2. The molecule has 1 heterocycles. The van der Waals surface area contributed by atoms with Crippen LogP contribution in [0.5, 0.6) is 11.5 Å². The van der Waals surface area contributed by atoms with E-state index in [0.717, 1.165) is 44.2 Å². The van der Waals surface area contributed by atoms with Crippen LogP contribution in [0.2, 0.25) is 0 Å². The fourth-order valence-electron chi connectivity index (χ4n) is 2.33. The van der Waals surface area contributed by atoms with Crippen LogP contribution >= 0.6 is 0 Å². The summed E-state index contributed by atoms with van der Waals surface area (Å²) in [5.74, 6) is -1.98. The molecule has 1 saturated heterocycles. The Morgan fingerprint density at radius 1 is 1.04 bits per heavy atom. The lowest BCUT2D eigenvalue weighted by atomic mass is 10.1. The summed E-state index contributed by atoms with van der Waals surface area (Å²) in [5, 5.41) is 14.8. The number of para-hydroxylation sites is 1. The van der Waals surface area contributed by atoms with Gasteiger partial charge >= 0.3 is 11.9 Å². The van der Waals surface area contributed by atoms with Crippen molar-refractivity contribution in [1.29, 1.82) is 0 Å². The predicted octanol–water partition coefficient (Wildman–Crippen LogP) is 0.607. The smallest absolute Gasteiger partial charge is 0.414 e. The van der Waals surface area contributed by atoms with Crippen molar-refractivity contribution in [2.45, 2.75) is 6.54 Å². The molecular weight excluding hydrogens is 316 g/mol.